The average Bonchev–Trinajstić information content (AvgIpc) is 3.07. The Morgan fingerprint density at radius 2 is 2.00 bits per heavy atom. The molecule has 3 nitrogen and oxygen atoms in total. The summed E-state index contributed by atoms with van der Waals surface area (Å²) in [6.45, 7) is 8.06. The molecule has 1 aromatic carbocycles. The highest BCUT2D eigenvalue weighted by atomic mass is 32.1. The lowest BCUT2D eigenvalue weighted by Crippen LogP contribution is -2.28. The Bertz CT molecular complexity index is 914. The highest BCUT2D eigenvalue weighted by Gasteiger charge is 2.33. The largest absolute Gasteiger partial charge is 0.369 e. The normalized spacial score (nSPS) is 17.1. The van der Waals surface area contributed by atoms with E-state index in [4.69, 9.17) is 0 Å². The van der Waals surface area contributed by atoms with Gasteiger partial charge in [-0.25, -0.2) is 9.97 Å². The maximum atomic E-state index is 4.61. The van der Waals surface area contributed by atoms with E-state index in [2.05, 4.69) is 66.4 Å². The van der Waals surface area contributed by atoms with Crippen LogP contribution in [0.5, 0.6) is 0 Å². The Hall–Kier alpha value is -1.94. The number of hydrogen-bond donors (Lipinski definition) is 1. The van der Waals surface area contributed by atoms with E-state index in [9.17, 15) is 0 Å². The first-order valence-corrected chi connectivity index (χ1v) is 10.9. The van der Waals surface area contributed by atoms with E-state index in [0.717, 1.165) is 36.0 Å². The van der Waals surface area contributed by atoms with E-state index in [1.54, 1.807) is 6.33 Å². The molecule has 0 bridgehead atoms. The van der Waals surface area contributed by atoms with Crippen LogP contribution in [0.15, 0.2) is 36.7 Å². The zero-order chi connectivity index (χ0) is 18.9. The van der Waals surface area contributed by atoms with Gasteiger partial charge in [0.25, 0.3) is 0 Å². The summed E-state index contributed by atoms with van der Waals surface area (Å²) in [7, 11) is 0. The fraction of sp³-hybridized carbons (Fsp3) is 0.478. The van der Waals surface area contributed by atoms with Gasteiger partial charge in [-0.05, 0) is 48.1 Å². The second-order valence-corrected chi connectivity index (χ2v) is 9.43. The van der Waals surface area contributed by atoms with Crippen LogP contribution < -0.4 is 5.32 Å². The van der Waals surface area contributed by atoms with Gasteiger partial charge in [-0.2, -0.15) is 0 Å². The fourth-order valence-electron chi connectivity index (χ4n) is 4.17. The summed E-state index contributed by atoms with van der Waals surface area (Å²) in [4.78, 5) is 11.9. The Labute approximate surface area is 166 Å². The molecule has 2 aromatic heterocycles. The predicted molar refractivity (Wildman–Crippen MR) is 116 cm³/mol. The molecular weight excluding hydrogens is 350 g/mol. The molecule has 0 aliphatic heterocycles. The lowest BCUT2D eigenvalue weighted by Gasteiger charge is -2.36. The Morgan fingerprint density at radius 1 is 1.19 bits per heavy atom. The summed E-state index contributed by atoms with van der Waals surface area (Å²) in [5.74, 6) is 1.76. The second-order valence-electron chi connectivity index (χ2n) is 8.35. The van der Waals surface area contributed by atoms with Crippen LogP contribution in [0.4, 0.5) is 5.82 Å². The molecule has 0 saturated carbocycles. The average molecular weight is 380 g/mol. The minimum absolute atomic E-state index is 0.391. The van der Waals surface area contributed by atoms with Crippen molar-refractivity contribution in [3.05, 3.63) is 52.7 Å². The van der Waals surface area contributed by atoms with Gasteiger partial charge in [-0.1, -0.05) is 57.5 Å². The van der Waals surface area contributed by atoms with Gasteiger partial charge in [0.15, 0.2) is 0 Å². The zero-order valence-corrected chi connectivity index (χ0v) is 17.4. The Kier molecular flexibility index (Phi) is 5.18. The number of rotatable bonds is 6. The number of hydrogen-bond acceptors (Lipinski definition) is 4. The zero-order valence-electron chi connectivity index (χ0n) is 16.6. The molecule has 1 atom stereocenters. The van der Waals surface area contributed by atoms with Crippen molar-refractivity contribution in [2.45, 2.75) is 52.9 Å². The number of nitrogens with zero attached hydrogens (tertiary/aromatic N) is 2. The lowest BCUT2D eigenvalue weighted by atomic mass is 9.69. The van der Waals surface area contributed by atoms with E-state index in [1.807, 2.05) is 11.3 Å². The summed E-state index contributed by atoms with van der Waals surface area (Å²) in [6.07, 6.45) is 7.59. The SMILES string of the molecule is CCC(C)(C)C1CCc2sc3ncnc(NCCc4ccccc4)c3c2C1. The molecule has 2 heterocycles. The number of aromatic nitrogens is 2. The smallest absolute Gasteiger partial charge is 0.138 e. The van der Waals surface area contributed by atoms with Gasteiger partial charge in [0.1, 0.15) is 17.0 Å². The van der Waals surface area contributed by atoms with Gasteiger partial charge in [-0.3, -0.25) is 0 Å². The molecule has 4 heteroatoms. The van der Waals surface area contributed by atoms with Crippen molar-refractivity contribution in [1.29, 1.82) is 0 Å². The molecule has 0 spiro atoms. The molecule has 27 heavy (non-hydrogen) atoms. The van der Waals surface area contributed by atoms with Crippen LogP contribution in [0.3, 0.4) is 0 Å². The molecule has 0 amide bonds. The maximum absolute atomic E-state index is 4.61. The lowest BCUT2D eigenvalue weighted by molar-refractivity contribution is 0.184. The number of nitrogens with one attached hydrogen (secondary N) is 1. The minimum Gasteiger partial charge on any atom is -0.369 e. The first-order chi connectivity index (χ1) is 13.1. The second kappa shape index (κ2) is 7.59. The van der Waals surface area contributed by atoms with Crippen LogP contribution >= 0.6 is 11.3 Å². The molecule has 3 aromatic rings. The summed E-state index contributed by atoms with van der Waals surface area (Å²) < 4.78 is 0. The summed E-state index contributed by atoms with van der Waals surface area (Å²) in [5.41, 5.74) is 3.26. The van der Waals surface area contributed by atoms with Crippen molar-refractivity contribution in [2.75, 3.05) is 11.9 Å². The molecule has 4 rings (SSSR count). The monoisotopic (exact) mass is 379 g/mol. The Balaban J connectivity index is 1.59. The van der Waals surface area contributed by atoms with Crippen molar-refractivity contribution in [3.63, 3.8) is 0 Å². The number of anilines is 1. The van der Waals surface area contributed by atoms with E-state index in [1.165, 1.54) is 40.7 Å². The fourth-order valence-corrected chi connectivity index (χ4v) is 5.35. The molecule has 0 fully saturated rings. The quantitative estimate of drug-likeness (QED) is 0.580. The van der Waals surface area contributed by atoms with Gasteiger partial charge in [0.2, 0.25) is 0 Å². The minimum atomic E-state index is 0.391. The number of benzene rings is 1. The molecule has 1 aliphatic rings. The highest BCUT2D eigenvalue weighted by Crippen LogP contribution is 2.45. The molecule has 0 saturated heterocycles. The molecule has 142 valence electrons. The van der Waals surface area contributed by atoms with Gasteiger partial charge in [0.05, 0.1) is 5.39 Å². The Morgan fingerprint density at radius 3 is 2.78 bits per heavy atom. The van der Waals surface area contributed by atoms with Crippen LogP contribution in [0.2, 0.25) is 0 Å². The molecular formula is C23H29N3S. The highest BCUT2D eigenvalue weighted by molar-refractivity contribution is 7.19. The first-order valence-electron chi connectivity index (χ1n) is 10.1. The topological polar surface area (TPSA) is 37.8 Å². The third-order valence-corrected chi connectivity index (χ3v) is 7.61. The van der Waals surface area contributed by atoms with E-state index >= 15 is 0 Å². The van der Waals surface area contributed by atoms with Gasteiger partial charge in [-0.15, -0.1) is 11.3 Å². The van der Waals surface area contributed by atoms with Gasteiger partial charge >= 0.3 is 0 Å². The van der Waals surface area contributed by atoms with Crippen molar-refractivity contribution in [2.24, 2.45) is 11.3 Å². The van der Waals surface area contributed by atoms with Crippen LogP contribution in [0, 0.1) is 11.3 Å². The molecule has 0 radical (unpaired) electrons. The van der Waals surface area contributed by atoms with Crippen molar-refractivity contribution in [1.82, 2.24) is 9.97 Å². The van der Waals surface area contributed by atoms with Crippen LogP contribution in [-0.2, 0) is 19.3 Å². The van der Waals surface area contributed by atoms with E-state index in [-0.39, 0.29) is 0 Å². The van der Waals surface area contributed by atoms with Crippen molar-refractivity contribution < 1.29 is 0 Å². The van der Waals surface area contributed by atoms with Crippen LogP contribution in [-0.4, -0.2) is 16.5 Å². The summed E-state index contributed by atoms with van der Waals surface area (Å²) in [5, 5.41) is 4.88. The van der Waals surface area contributed by atoms with Crippen LogP contribution in [0.1, 0.15) is 49.6 Å². The molecule has 1 aliphatic carbocycles. The molecule has 1 N–H and O–H groups in total. The standard InChI is InChI=1S/C23H29N3S/c1-4-23(2,3)17-10-11-19-18(14-17)20-21(25-15-26-22(20)27-19)24-13-12-16-8-6-5-7-9-16/h5-9,15,17H,4,10-14H2,1-3H3,(H,24,25,26). The van der Waals surface area contributed by atoms with Crippen LogP contribution in [0.25, 0.3) is 10.2 Å². The summed E-state index contributed by atoms with van der Waals surface area (Å²) in [6, 6.07) is 10.6. The number of fused-ring (bicyclic) bond motifs is 3. The first kappa shape index (κ1) is 18.4. The van der Waals surface area contributed by atoms with Crippen molar-refractivity contribution >= 4 is 27.4 Å². The number of thiophene rings is 1. The van der Waals surface area contributed by atoms with Gasteiger partial charge in [0, 0.05) is 11.4 Å². The van der Waals surface area contributed by atoms with Gasteiger partial charge < -0.3 is 5.32 Å². The third kappa shape index (κ3) is 3.73. The maximum Gasteiger partial charge on any atom is 0.138 e. The molecule has 1 unspecified atom stereocenters. The predicted octanol–water partition coefficient (Wildman–Crippen LogP) is 5.89. The third-order valence-electron chi connectivity index (χ3n) is 6.41. The summed E-state index contributed by atoms with van der Waals surface area (Å²) >= 11 is 1.87. The van der Waals surface area contributed by atoms with E-state index < -0.39 is 0 Å². The van der Waals surface area contributed by atoms with Crippen molar-refractivity contribution in [3.8, 4) is 0 Å². The van der Waals surface area contributed by atoms with E-state index in [0.29, 0.717) is 5.41 Å². The number of aryl methyl sites for hydroxylation is 1.